The van der Waals surface area contributed by atoms with Crippen molar-refractivity contribution in [3.8, 4) is 0 Å². The third-order valence-electron chi connectivity index (χ3n) is 1.40. The normalized spacial score (nSPS) is 13.5. The summed E-state index contributed by atoms with van der Waals surface area (Å²) in [5, 5.41) is 8.64. The maximum Gasteiger partial charge on any atom is 0.320 e. The molecule has 1 unspecified atom stereocenters. The van der Waals surface area contributed by atoms with E-state index in [1.54, 1.807) is 27.7 Å². The van der Waals surface area contributed by atoms with Gasteiger partial charge >= 0.3 is 11.9 Å². The molecule has 4 nitrogen and oxygen atoms in total. The van der Waals surface area contributed by atoms with Crippen molar-refractivity contribution in [2.75, 3.05) is 0 Å². The first kappa shape index (κ1) is 11.9. The Balaban J connectivity index is 4.32. The molecule has 76 valence electrons. The van der Waals surface area contributed by atoms with E-state index in [2.05, 4.69) is 0 Å². The Labute approximate surface area is 77.9 Å². The van der Waals surface area contributed by atoms with E-state index >= 15 is 0 Å². The largest absolute Gasteiger partial charge is 0.481 e. The van der Waals surface area contributed by atoms with Gasteiger partial charge in [-0.1, -0.05) is 6.92 Å². The van der Waals surface area contributed by atoms with Crippen LogP contribution in [0.1, 0.15) is 34.1 Å². The highest BCUT2D eigenvalue weighted by molar-refractivity contribution is 5.93. The van der Waals surface area contributed by atoms with Crippen LogP contribution >= 0.6 is 0 Å². The maximum atomic E-state index is 11.2. The summed E-state index contributed by atoms with van der Waals surface area (Å²) in [5.41, 5.74) is -0.625. The van der Waals surface area contributed by atoms with Gasteiger partial charge in [0.25, 0.3) is 0 Å². The summed E-state index contributed by atoms with van der Waals surface area (Å²) in [6.07, 6.45) is 0.254. The summed E-state index contributed by atoms with van der Waals surface area (Å²) < 4.78 is 4.93. The van der Waals surface area contributed by atoms with Gasteiger partial charge in [-0.15, -0.1) is 0 Å². The van der Waals surface area contributed by atoms with Crippen LogP contribution in [0.5, 0.6) is 0 Å². The van der Waals surface area contributed by atoms with Gasteiger partial charge in [-0.25, -0.2) is 0 Å². The first-order chi connectivity index (χ1) is 5.78. The molecule has 0 bridgehead atoms. The quantitative estimate of drug-likeness (QED) is 0.537. The zero-order chi connectivity index (χ0) is 10.6. The first-order valence-corrected chi connectivity index (χ1v) is 4.23. The van der Waals surface area contributed by atoms with Crippen molar-refractivity contribution in [2.24, 2.45) is 5.92 Å². The molecule has 0 saturated heterocycles. The molecule has 0 aromatic carbocycles. The Morgan fingerprint density at radius 3 is 2.08 bits per heavy atom. The molecule has 0 aliphatic rings. The second-order valence-corrected chi connectivity index (χ2v) is 3.83. The smallest absolute Gasteiger partial charge is 0.320 e. The van der Waals surface area contributed by atoms with E-state index in [9.17, 15) is 9.59 Å². The summed E-state index contributed by atoms with van der Waals surface area (Å²) in [5.74, 6) is -2.83. The molecule has 1 N–H and O–H groups in total. The summed E-state index contributed by atoms with van der Waals surface area (Å²) >= 11 is 0. The number of carbonyl (C=O) groups excluding carboxylic acids is 1. The Morgan fingerprint density at radius 2 is 1.85 bits per heavy atom. The lowest BCUT2D eigenvalue weighted by Gasteiger charge is -2.21. The molecule has 0 aliphatic heterocycles. The molecule has 0 aromatic rings. The number of aliphatic carboxylic acids is 1. The molecule has 0 saturated carbocycles. The predicted octanol–water partition coefficient (Wildman–Crippen LogP) is 1.44. The van der Waals surface area contributed by atoms with Crippen LogP contribution in [0.4, 0.5) is 0 Å². The maximum absolute atomic E-state index is 11.2. The van der Waals surface area contributed by atoms with Crippen molar-refractivity contribution in [1.29, 1.82) is 0 Å². The topological polar surface area (TPSA) is 63.6 Å². The van der Waals surface area contributed by atoms with Crippen molar-refractivity contribution in [2.45, 2.75) is 39.7 Å². The lowest BCUT2D eigenvalue weighted by Crippen LogP contribution is -2.32. The van der Waals surface area contributed by atoms with Crippen LogP contribution in [0.15, 0.2) is 0 Å². The molecule has 1 atom stereocenters. The summed E-state index contributed by atoms with van der Waals surface area (Å²) in [6.45, 7) is 6.76. The zero-order valence-electron chi connectivity index (χ0n) is 8.46. The van der Waals surface area contributed by atoms with Crippen molar-refractivity contribution in [3.63, 3.8) is 0 Å². The number of carboxylic acids is 1. The molecule has 4 heteroatoms. The highest BCUT2D eigenvalue weighted by Crippen LogP contribution is 2.13. The van der Waals surface area contributed by atoms with E-state index in [-0.39, 0.29) is 6.42 Å². The Morgan fingerprint density at radius 1 is 1.38 bits per heavy atom. The monoisotopic (exact) mass is 188 g/mol. The zero-order valence-corrected chi connectivity index (χ0v) is 8.46. The fraction of sp³-hybridized carbons (Fsp3) is 0.778. The minimum Gasteiger partial charge on any atom is -0.481 e. The Hall–Kier alpha value is -1.06. The van der Waals surface area contributed by atoms with Crippen LogP contribution < -0.4 is 0 Å². The van der Waals surface area contributed by atoms with Gasteiger partial charge < -0.3 is 9.84 Å². The Bertz CT molecular complexity index is 202. The molecule has 0 aromatic heterocycles. The third kappa shape index (κ3) is 4.50. The van der Waals surface area contributed by atoms with Gasteiger partial charge in [-0.2, -0.15) is 0 Å². The number of hydrogen-bond acceptors (Lipinski definition) is 3. The van der Waals surface area contributed by atoms with Gasteiger partial charge in [0.1, 0.15) is 5.60 Å². The standard InChI is InChI=1S/C9H16O4/c1-5-6(7(10)11)8(12)13-9(2,3)4/h6H,5H2,1-4H3,(H,10,11). The van der Waals surface area contributed by atoms with E-state index in [1.807, 2.05) is 0 Å². The molecule has 0 radical (unpaired) electrons. The molecule has 0 heterocycles. The molecule has 13 heavy (non-hydrogen) atoms. The van der Waals surface area contributed by atoms with E-state index < -0.39 is 23.5 Å². The minimum atomic E-state index is -1.13. The highest BCUT2D eigenvalue weighted by atomic mass is 16.6. The molecule has 0 amide bonds. The second kappa shape index (κ2) is 4.25. The van der Waals surface area contributed by atoms with Crippen molar-refractivity contribution >= 4 is 11.9 Å². The van der Waals surface area contributed by atoms with Gasteiger partial charge in [-0.05, 0) is 27.2 Å². The minimum absolute atomic E-state index is 0.254. The molecule has 0 aliphatic carbocycles. The first-order valence-electron chi connectivity index (χ1n) is 4.23. The highest BCUT2D eigenvalue weighted by Gasteiger charge is 2.29. The lowest BCUT2D eigenvalue weighted by molar-refractivity contribution is -0.166. The van der Waals surface area contributed by atoms with E-state index in [0.29, 0.717) is 0 Å². The summed E-state index contributed by atoms with van der Waals surface area (Å²) in [4.78, 5) is 21.8. The van der Waals surface area contributed by atoms with E-state index in [1.165, 1.54) is 0 Å². The number of rotatable bonds is 3. The summed E-state index contributed by atoms with van der Waals surface area (Å²) in [7, 11) is 0. The molecular formula is C9H16O4. The van der Waals surface area contributed by atoms with Gasteiger partial charge in [0, 0.05) is 0 Å². The fourth-order valence-electron chi connectivity index (χ4n) is 0.815. The van der Waals surface area contributed by atoms with E-state index in [0.717, 1.165) is 0 Å². The van der Waals surface area contributed by atoms with E-state index in [4.69, 9.17) is 9.84 Å². The lowest BCUT2D eigenvalue weighted by atomic mass is 10.1. The summed E-state index contributed by atoms with van der Waals surface area (Å²) in [6, 6.07) is 0. The van der Waals surface area contributed by atoms with Crippen LogP contribution in [0.25, 0.3) is 0 Å². The molecule has 0 spiro atoms. The van der Waals surface area contributed by atoms with Crippen LogP contribution in [0, 0.1) is 5.92 Å². The predicted molar refractivity (Wildman–Crippen MR) is 47.3 cm³/mol. The van der Waals surface area contributed by atoms with Crippen LogP contribution in [-0.4, -0.2) is 22.6 Å². The number of esters is 1. The van der Waals surface area contributed by atoms with Gasteiger partial charge in [0.2, 0.25) is 0 Å². The number of carboxylic acid groups (broad SMARTS) is 1. The van der Waals surface area contributed by atoms with Crippen LogP contribution in [0.3, 0.4) is 0 Å². The Kier molecular flexibility index (Phi) is 3.91. The van der Waals surface area contributed by atoms with Crippen LogP contribution in [-0.2, 0) is 14.3 Å². The van der Waals surface area contributed by atoms with Crippen molar-refractivity contribution in [1.82, 2.24) is 0 Å². The van der Waals surface area contributed by atoms with Gasteiger partial charge in [0.15, 0.2) is 5.92 Å². The number of carbonyl (C=O) groups is 2. The van der Waals surface area contributed by atoms with Gasteiger partial charge in [-0.3, -0.25) is 9.59 Å². The average Bonchev–Trinajstić information content (AvgIpc) is 1.82. The molecule has 0 rings (SSSR count). The number of hydrogen-bond donors (Lipinski definition) is 1. The average molecular weight is 188 g/mol. The fourth-order valence-corrected chi connectivity index (χ4v) is 0.815. The molecular weight excluding hydrogens is 172 g/mol. The van der Waals surface area contributed by atoms with Crippen molar-refractivity contribution in [3.05, 3.63) is 0 Å². The second-order valence-electron chi connectivity index (χ2n) is 3.83. The molecule has 0 fully saturated rings. The number of ether oxygens (including phenoxy) is 1. The van der Waals surface area contributed by atoms with Crippen LogP contribution in [0.2, 0.25) is 0 Å². The SMILES string of the molecule is CCC(C(=O)O)C(=O)OC(C)(C)C. The third-order valence-corrected chi connectivity index (χ3v) is 1.40. The van der Waals surface area contributed by atoms with Crippen molar-refractivity contribution < 1.29 is 19.4 Å². The van der Waals surface area contributed by atoms with Gasteiger partial charge in [0.05, 0.1) is 0 Å².